The molecule has 1 nitrogen and oxygen atoms in total. The fourth-order valence-electron chi connectivity index (χ4n) is 2.01. The summed E-state index contributed by atoms with van der Waals surface area (Å²) in [4.78, 5) is 0. The Morgan fingerprint density at radius 3 is 1.59 bits per heavy atom. The summed E-state index contributed by atoms with van der Waals surface area (Å²) in [6.07, 6.45) is 15.2. The van der Waals surface area contributed by atoms with Gasteiger partial charge in [0, 0.05) is 0 Å². The van der Waals surface area contributed by atoms with Crippen molar-refractivity contribution in [2.24, 2.45) is 0 Å². The molecule has 0 aromatic rings. The molecule has 0 radical (unpaired) electrons. The van der Waals surface area contributed by atoms with E-state index in [4.69, 9.17) is 4.74 Å². The molecule has 0 aromatic carbocycles. The number of allylic oxidation sites excluding steroid dienone is 1. The van der Waals surface area contributed by atoms with Gasteiger partial charge in [0.15, 0.2) is 0 Å². The van der Waals surface area contributed by atoms with Crippen molar-refractivity contribution in [1.29, 1.82) is 0 Å². The van der Waals surface area contributed by atoms with Crippen LogP contribution in [0.15, 0.2) is 12.3 Å². The van der Waals surface area contributed by atoms with E-state index in [2.05, 4.69) is 13.5 Å². The monoisotopic (exact) mass is 240 g/mol. The van der Waals surface area contributed by atoms with Gasteiger partial charge < -0.3 is 4.74 Å². The van der Waals surface area contributed by atoms with Crippen molar-refractivity contribution >= 4 is 0 Å². The maximum absolute atomic E-state index is 5.33. The fourth-order valence-corrected chi connectivity index (χ4v) is 2.01. The third kappa shape index (κ3) is 15.5. The van der Waals surface area contributed by atoms with Gasteiger partial charge in [0.25, 0.3) is 0 Å². The summed E-state index contributed by atoms with van der Waals surface area (Å²) in [5.41, 5.74) is 0. The maximum Gasteiger partial charge on any atom is 0.0876 e. The van der Waals surface area contributed by atoms with Gasteiger partial charge in [-0.25, -0.2) is 0 Å². The van der Waals surface area contributed by atoms with Crippen molar-refractivity contribution in [2.45, 2.75) is 84.5 Å². The highest BCUT2D eigenvalue weighted by Gasteiger charge is 1.93. The van der Waals surface area contributed by atoms with Crippen molar-refractivity contribution in [1.82, 2.24) is 0 Å². The zero-order chi connectivity index (χ0) is 12.8. The predicted molar refractivity (Wildman–Crippen MR) is 77.2 cm³/mol. The van der Waals surface area contributed by atoms with Gasteiger partial charge in [-0.15, -0.1) is 0 Å². The molecule has 0 rings (SSSR count). The molecule has 0 spiro atoms. The molecule has 0 aliphatic carbocycles. The minimum Gasteiger partial charge on any atom is -0.499 e. The zero-order valence-electron chi connectivity index (χ0n) is 12.1. The Hall–Kier alpha value is -0.460. The van der Waals surface area contributed by atoms with Crippen LogP contribution in [0.25, 0.3) is 0 Å². The summed E-state index contributed by atoms with van der Waals surface area (Å²) in [5, 5.41) is 0. The molecule has 102 valence electrons. The van der Waals surface area contributed by atoms with Gasteiger partial charge in [0.1, 0.15) is 0 Å². The molecule has 0 fully saturated rings. The number of hydrogen-bond acceptors (Lipinski definition) is 1. The lowest BCUT2D eigenvalue weighted by Crippen LogP contribution is -1.91. The van der Waals surface area contributed by atoms with Crippen LogP contribution < -0.4 is 0 Å². The van der Waals surface area contributed by atoms with Crippen LogP contribution in [-0.2, 0) is 4.74 Å². The molecule has 0 aliphatic heterocycles. The molecular weight excluding hydrogens is 208 g/mol. The molecule has 0 N–H and O–H groups in total. The van der Waals surface area contributed by atoms with E-state index in [9.17, 15) is 0 Å². The molecule has 0 atom stereocenters. The SMILES string of the molecule is C=C(C)OCCCCCCCCCCCCC. The van der Waals surface area contributed by atoms with Crippen molar-refractivity contribution in [3.63, 3.8) is 0 Å². The highest BCUT2D eigenvalue weighted by atomic mass is 16.5. The second-order valence-corrected chi connectivity index (χ2v) is 5.09. The molecule has 0 unspecified atom stereocenters. The molecule has 0 aromatic heterocycles. The average molecular weight is 240 g/mol. The smallest absolute Gasteiger partial charge is 0.0876 e. The van der Waals surface area contributed by atoms with E-state index in [1.807, 2.05) is 6.92 Å². The van der Waals surface area contributed by atoms with Gasteiger partial charge in [-0.1, -0.05) is 77.7 Å². The van der Waals surface area contributed by atoms with E-state index < -0.39 is 0 Å². The van der Waals surface area contributed by atoms with Crippen LogP contribution >= 0.6 is 0 Å². The summed E-state index contributed by atoms with van der Waals surface area (Å²) in [7, 11) is 0. The van der Waals surface area contributed by atoms with E-state index in [0.717, 1.165) is 12.4 Å². The zero-order valence-corrected chi connectivity index (χ0v) is 12.1. The Labute approximate surface area is 109 Å². The maximum atomic E-state index is 5.33. The first kappa shape index (κ1) is 16.5. The second kappa shape index (κ2) is 13.6. The Morgan fingerprint density at radius 1 is 0.765 bits per heavy atom. The molecule has 0 amide bonds. The Bertz CT molecular complexity index is 163. The second-order valence-electron chi connectivity index (χ2n) is 5.09. The minimum absolute atomic E-state index is 0.845. The standard InChI is InChI=1S/C16H32O/c1-4-5-6-7-8-9-10-11-12-13-14-15-17-16(2)3/h2,4-15H2,1,3H3. The lowest BCUT2D eigenvalue weighted by atomic mass is 10.1. The van der Waals surface area contributed by atoms with Crippen LogP contribution in [0.4, 0.5) is 0 Å². The van der Waals surface area contributed by atoms with Crippen LogP contribution in [0.2, 0.25) is 0 Å². The van der Waals surface area contributed by atoms with Gasteiger partial charge >= 0.3 is 0 Å². The Balaban J connectivity index is 2.91. The van der Waals surface area contributed by atoms with Gasteiger partial charge in [0.2, 0.25) is 0 Å². The normalized spacial score (nSPS) is 10.5. The number of rotatable bonds is 13. The van der Waals surface area contributed by atoms with Crippen molar-refractivity contribution < 1.29 is 4.74 Å². The van der Waals surface area contributed by atoms with E-state index in [-0.39, 0.29) is 0 Å². The lowest BCUT2D eigenvalue weighted by molar-refractivity contribution is 0.208. The van der Waals surface area contributed by atoms with Gasteiger partial charge in [-0.3, -0.25) is 0 Å². The molecule has 17 heavy (non-hydrogen) atoms. The van der Waals surface area contributed by atoms with Crippen molar-refractivity contribution in [3.8, 4) is 0 Å². The first-order chi connectivity index (χ1) is 8.27. The average Bonchev–Trinajstić information content (AvgIpc) is 2.30. The van der Waals surface area contributed by atoms with Gasteiger partial charge in [-0.2, -0.15) is 0 Å². The molecular formula is C16H32O. The molecule has 0 bridgehead atoms. The van der Waals surface area contributed by atoms with E-state index in [0.29, 0.717) is 0 Å². The molecule has 0 saturated heterocycles. The van der Waals surface area contributed by atoms with Crippen molar-refractivity contribution in [2.75, 3.05) is 6.61 Å². The van der Waals surface area contributed by atoms with Crippen LogP contribution in [0.3, 0.4) is 0 Å². The molecule has 0 aliphatic rings. The van der Waals surface area contributed by atoms with Gasteiger partial charge in [0.05, 0.1) is 12.4 Å². The summed E-state index contributed by atoms with van der Waals surface area (Å²) >= 11 is 0. The topological polar surface area (TPSA) is 9.23 Å². The predicted octanol–water partition coefficient (Wildman–Crippen LogP) is 5.85. The van der Waals surface area contributed by atoms with Crippen LogP contribution in [0.5, 0.6) is 0 Å². The summed E-state index contributed by atoms with van der Waals surface area (Å²) in [6.45, 7) is 8.77. The highest BCUT2D eigenvalue weighted by Crippen LogP contribution is 2.11. The van der Waals surface area contributed by atoms with Crippen LogP contribution in [0, 0.1) is 0 Å². The number of hydrogen-bond donors (Lipinski definition) is 0. The largest absolute Gasteiger partial charge is 0.499 e. The first-order valence-electron chi connectivity index (χ1n) is 7.55. The van der Waals surface area contributed by atoms with E-state index in [1.165, 1.54) is 70.6 Å². The Morgan fingerprint density at radius 2 is 1.18 bits per heavy atom. The van der Waals surface area contributed by atoms with E-state index in [1.54, 1.807) is 0 Å². The first-order valence-corrected chi connectivity index (χ1v) is 7.55. The fraction of sp³-hybridized carbons (Fsp3) is 0.875. The van der Waals surface area contributed by atoms with Crippen LogP contribution in [0.1, 0.15) is 84.5 Å². The summed E-state index contributed by atoms with van der Waals surface area (Å²) < 4.78 is 5.33. The highest BCUT2D eigenvalue weighted by molar-refractivity contribution is 4.73. The third-order valence-corrected chi connectivity index (χ3v) is 3.10. The minimum atomic E-state index is 0.845. The third-order valence-electron chi connectivity index (χ3n) is 3.10. The summed E-state index contributed by atoms with van der Waals surface area (Å²) in [5.74, 6) is 0.845. The van der Waals surface area contributed by atoms with Gasteiger partial charge in [-0.05, 0) is 13.3 Å². The number of ether oxygens (including phenoxy) is 1. The lowest BCUT2D eigenvalue weighted by Gasteiger charge is -2.04. The molecule has 1 heteroatoms. The number of unbranched alkanes of at least 4 members (excludes halogenated alkanes) is 10. The summed E-state index contributed by atoms with van der Waals surface area (Å²) in [6, 6.07) is 0. The van der Waals surface area contributed by atoms with E-state index >= 15 is 0 Å². The Kier molecular flexibility index (Phi) is 13.2. The molecule has 0 saturated carbocycles. The van der Waals surface area contributed by atoms with Crippen molar-refractivity contribution in [3.05, 3.63) is 12.3 Å². The molecule has 0 heterocycles. The quantitative estimate of drug-likeness (QED) is 0.290. The van der Waals surface area contributed by atoms with Crippen LogP contribution in [-0.4, -0.2) is 6.61 Å².